The second kappa shape index (κ2) is 8.78. The van der Waals surface area contributed by atoms with Crippen molar-refractivity contribution in [1.82, 2.24) is 5.32 Å². The largest absolute Gasteiger partial charge is 0.550 e. The van der Waals surface area contributed by atoms with Gasteiger partial charge in [-0.05, 0) is 42.2 Å². The van der Waals surface area contributed by atoms with Gasteiger partial charge >= 0.3 is 0 Å². The molecule has 0 aliphatic rings. The lowest BCUT2D eigenvalue weighted by Crippen LogP contribution is -2.34. The molecule has 0 saturated heterocycles. The fourth-order valence-electron chi connectivity index (χ4n) is 2.36. The Morgan fingerprint density at radius 3 is 2.64 bits per heavy atom. The molecular weight excluding hydrogens is 362 g/mol. The molecule has 0 unspecified atom stereocenters. The van der Waals surface area contributed by atoms with Gasteiger partial charge in [0.05, 0.1) is 18.7 Å². The highest BCUT2D eigenvalue weighted by atomic mass is 35.5. The summed E-state index contributed by atoms with van der Waals surface area (Å²) >= 11 is 7.37. The topological polar surface area (TPSA) is 78.5 Å². The van der Waals surface area contributed by atoms with Crippen LogP contribution in [0.15, 0.2) is 47.4 Å². The highest BCUT2D eigenvalue weighted by Crippen LogP contribution is 2.27. The molecule has 132 valence electrons. The molecule has 0 aliphatic carbocycles. The quantitative estimate of drug-likeness (QED) is 0.749. The van der Waals surface area contributed by atoms with Crippen molar-refractivity contribution in [1.29, 1.82) is 0 Å². The highest BCUT2D eigenvalue weighted by Gasteiger charge is 2.19. The van der Waals surface area contributed by atoms with E-state index < -0.39 is 12.0 Å². The number of hydrogen-bond donors (Lipinski definition) is 1. The van der Waals surface area contributed by atoms with Crippen LogP contribution in [-0.4, -0.2) is 25.2 Å². The number of hydrogen-bond acceptors (Lipinski definition) is 5. The summed E-state index contributed by atoms with van der Waals surface area (Å²) in [5.74, 6) is -0.995. The third kappa shape index (κ3) is 5.14. The van der Waals surface area contributed by atoms with Gasteiger partial charge in [-0.25, -0.2) is 0 Å². The minimum absolute atomic E-state index is 0.350. The average Bonchev–Trinajstić information content (AvgIpc) is 2.60. The number of thioether (sulfide) groups is 1. The van der Waals surface area contributed by atoms with Crippen LogP contribution in [0.5, 0.6) is 5.75 Å². The lowest BCUT2D eigenvalue weighted by molar-refractivity contribution is -0.306. The van der Waals surface area contributed by atoms with E-state index in [1.807, 2.05) is 6.26 Å². The first-order chi connectivity index (χ1) is 11.9. The Morgan fingerprint density at radius 1 is 1.28 bits per heavy atom. The molecule has 0 fully saturated rings. The van der Waals surface area contributed by atoms with Gasteiger partial charge in [0.15, 0.2) is 0 Å². The standard InChI is InChI=1S/C18H18ClNO4S/c1-24-13-6-7-14(16(9-13)25-2)18(23)20-15(10-17(21)22)11-4-3-5-12(19)8-11/h3-9,15H,10H2,1-2H3,(H,20,23)(H,21,22)/p-1/t15-/m0/s1. The maximum Gasteiger partial charge on any atom is 0.252 e. The molecule has 0 radical (unpaired) electrons. The van der Waals surface area contributed by atoms with Gasteiger partial charge in [-0.1, -0.05) is 23.7 Å². The predicted octanol–water partition coefficient (Wildman–Crippen LogP) is 2.68. The van der Waals surface area contributed by atoms with Crippen LogP contribution < -0.4 is 15.2 Å². The third-order valence-corrected chi connectivity index (χ3v) is 4.59. The number of rotatable bonds is 7. The summed E-state index contributed by atoms with van der Waals surface area (Å²) in [6.07, 6.45) is 1.50. The number of carbonyl (C=O) groups excluding carboxylic acids is 2. The summed E-state index contributed by atoms with van der Waals surface area (Å²) in [7, 11) is 1.55. The molecule has 0 spiro atoms. The van der Waals surface area contributed by atoms with Crippen molar-refractivity contribution in [3.8, 4) is 5.75 Å². The number of benzene rings is 2. The lowest BCUT2D eigenvalue weighted by atomic mass is 10.0. The Labute approximate surface area is 155 Å². The van der Waals surface area contributed by atoms with Crippen LogP contribution >= 0.6 is 23.4 Å². The molecule has 1 N–H and O–H groups in total. The fraction of sp³-hybridized carbons (Fsp3) is 0.222. The van der Waals surface area contributed by atoms with Crippen molar-refractivity contribution >= 4 is 35.2 Å². The van der Waals surface area contributed by atoms with Gasteiger partial charge in [0.1, 0.15) is 5.75 Å². The fourth-order valence-corrected chi connectivity index (χ4v) is 3.18. The summed E-state index contributed by atoms with van der Waals surface area (Å²) in [6, 6.07) is 11.1. The minimum atomic E-state index is -1.26. The van der Waals surface area contributed by atoms with Crippen molar-refractivity contribution in [2.45, 2.75) is 17.4 Å². The first-order valence-electron chi connectivity index (χ1n) is 7.42. The molecule has 5 nitrogen and oxygen atoms in total. The maximum atomic E-state index is 12.7. The van der Waals surface area contributed by atoms with Crippen LogP contribution in [0.25, 0.3) is 0 Å². The zero-order valence-corrected chi connectivity index (χ0v) is 15.3. The summed E-state index contributed by atoms with van der Waals surface area (Å²) in [5.41, 5.74) is 1.04. The lowest BCUT2D eigenvalue weighted by Gasteiger charge is -2.21. The number of aliphatic carboxylic acids is 1. The van der Waals surface area contributed by atoms with Crippen LogP contribution in [0.3, 0.4) is 0 Å². The van der Waals surface area contributed by atoms with Crippen molar-refractivity contribution in [3.63, 3.8) is 0 Å². The van der Waals surface area contributed by atoms with Crippen LogP contribution in [0.1, 0.15) is 28.4 Å². The summed E-state index contributed by atoms with van der Waals surface area (Å²) < 4.78 is 5.16. The average molecular weight is 379 g/mol. The Morgan fingerprint density at radius 2 is 2.04 bits per heavy atom. The molecule has 0 bridgehead atoms. The van der Waals surface area contributed by atoms with Crippen molar-refractivity contribution in [3.05, 3.63) is 58.6 Å². The van der Waals surface area contributed by atoms with E-state index in [9.17, 15) is 14.7 Å². The highest BCUT2D eigenvalue weighted by molar-refractivity contribution is 7.98. The van der Waals surface area contributed by atoms with Gasteiger partial charge in [-0.15, -0.1) is 11.8 Å². The van der Waals surface area contributed by atoms with Gasteiger partial charge in [0.25, 0.3) is 5.91 Å². The Balaban J connectivity index is 2.29. The number of carboxylic acid groups (broad SMARTS) is 1. The van der Waals surface area contributed by atoms with E-state index >= 15 is 0 Å². The summed E-state index contributed by atoms with van der Waals surface area (Å²) in [5, 5.41) is 14.3. The number of amides is 1. The molecule has 0 heterocycles. The molecule has 0 saturated carbocycles. The molecule has 0 aromatic heterocycles. The van der Waals surface area contributed by atoms with Crippen molar-refractivity contribution in [2.75, 3.05) is 13.4 Å². The minimum Gasteiger partial charge on any atom is -0.550 e. The zero-order valence-electron chi connectivity index (χ0n) is 13.7. The Hall–Kier alpha value is -2.18. The van der Waals surface area contributed by atoms with E-state index in [0.717, 1.165) is 4.90 Å². The van der Waals surface area contributed by atoms with Gasteiger partial charge in [0.2, 0.25) is 0 Å². The molecule has 2 rings (SSSR count). The molecule has 2 aromatic carbocycles. The number of nitrogens with one attached hydrogen (secondary N) is 1. The summed E-state index contributed by atoms with van der Waals surface area (Å²) in [6.45, 7) is 0. The second-order valence-corrected chi connectivity index (χ2v) is 6.51. The number of carboxylic acids is 1. The van der Waals surface area contributed by atoms with E-state index in [0.29, 0.717) is 21.9 Å². The van der Waals surface area contributed by atoms with Gasteiger partial charge in [-0.2, -0.15) is 0 Å². The number of carbonyl (C=O) groups is 2. The normalized spacial score (nSPS) is 11.6. The predicted molar refractivity (Wildman–Crippen MR) is 96.1 cm³/mol. The van der Waals surface area contributed by atoms with Crippen molar-refractivity contribution in [2.24, 2.45) is 0 Å². The van der Waals surface area contributed by atoms with E-state index in [2.05, 4.69) is 5.32 Å². The van der Waals surface area contributed by atoms with Crippen LogP contribution in [-0.2, 0) is 4.79 Å². The van der Waals surface area contributed by atoms with Crippen LogP contribution in [0, 0.1) is 0 Å². The first-order valence-corrected chi connectivity index (χ1v) is 9.03. The zero-order chi connectivity index (χ0) is 18.4. The van der Waals surface area contributed by atoms with Gasteiger partial charge < -0.3 is 20.0 Å². The summed E-state index contributed by atoms with van der Waals surface area (Å²) in [4.78, 5) is 24.5. The molecule has 25 heavy (non-hydrogen) atoms. The molecule has 2 aromatic rings. The molecular formula is C18H17ClNO4S-. The molecule has 7 heteroatoms. The number of methoxy groups -OCH3 is 1. The maximum absolute atomic E-state index is 12.7. The van der Waals surface area contributed by atoms with Gasteiger partial charge in [0, 0.05) is 22.3 Å². The smallest absolute Gasteiger partial charge is 0.252 e. The SMILES string of the molecule is COc1ccc(C(=O)N[C@@H](CC(=O)[O-])c2cccc(Cl)c2)c(SC)c1. The third-order valence-electron chi connectivity index (χ3n) is 3.58. The molecule has 0 aliphatic heterocycles. The molecule has 1 amide bonds. The van der Waals surface area contributed by atoms with E-state index in [-0.39, 0.29) is 12.3 Å². The second-order valence-electron chi connectivity index (χ2n) is 5.22. The van der Waals surface area contributed by atoms with E-state index in [1.165, 1.54) is 11.8 Å². The number of halogens is 1. The van der Waals surface area contributed by atoms with Crippen LogP contribution in [0.4, 0.5) is 0 Å². The van der Waals surface area contributed by atoms with E-state index in [4.69, 9.17) is 16.3 Å². The molecule has 1 atom stereocenters. The Kier molecular flexibility index (Phi) is 6.73. The first kappa shape index (κ1) is 19.1. The number of ether oxygens (including phenoxy) is 1. The van der Waals surface area contributed by atoms with Crippen LogP contribution in [0.2, 0.25) is 5.02 Å². The van der Waals surface area contributed by atoms with E-state index in [1.54, 1.807) is 49.6 Å². The van der Waals surface area contributed by atoms with Gasteiger partial charge in [-0.3, -0.25) is 4.79 Å². The monoisotopic (exact) mass is 378 g/mol. The Bertz CT molecular complexity index is 781. The van der Waals surface area contributed by atoms with Crippen molar-refractivity contribution < 1.29 is 19.4 Å².